The number of fused-ring (bicyclic) bond motifs is 2. The van der Waals surface area contributed by atoms with E-state index in [1.165, 1.54) is 23.3 Å². The second-order valence-corrected chi connectivity index (χ2v) is 8.56. The Morgan fingerprint density at radius 3 is 1.82 bits per heavy atom. The molecular weight excluding hydrogens is 414 g/mol. The molecule has 0 aromatic heterocycles. The van der Waals surface area contributed by atoms with E-state index in [1.807, 2.05) is 0 Å². The number of carbonyl (C=O) groups excluding carboxylic acids is 2. The predicted molar refractivity (Wildman–Crippen MR) is 130 cm³/mol. The highest BCUT2D eigenvalue weighted by atomic mass is 16.3. The van der Waals surface area contributed by atoms with Crippen LogP contribution in [0, 0.1) is 0 Å². The van der Waals surface area contributed by atoms with E-state index in [-0.39, 0.29) is 33.8 Å². The Labute approximate surface area is 194 Å². The van der Waals surface area contributed by atoms with Crippen LogP contribution in [0.25, 0.3) is 0 Å². The number of phenols is 2. The fraction of sp³-hybridized carbons (Fsp3) is 0.286. The number of rotatable bonds is 8. The van der Waals surface area contributed by atoms with E-state index in [4.69, 9.17) is 0 Å². The SMILES string of the molecule is CCCCc1cccc(CCCC)c1Nc1ccc2c(c1)C(=O)c1c(O)ccc(O)c1C2=O. The summed E-state index contributed by atoms with van der Waals surface area (Å²) in [5.74, 6) is -1.55. The van der Waals surface area contributed by atoms with Crippen LogP contribution >= 0.6 is 0 Å². The maximum absolute atomic E-state index is 13.2. The fourth-order valence-electron chi connectivity index (χ4n) is 4.43. The average Bonchev–Trinajstić information content (AvgIpc) is 2.82. The number of para-hydroxylation sites is 1. The quantitative estimate of drug-likeness (QED) is 0.278. The van der Waals surface area contributed by atoms with E-state index in [2.05, 4.69) is 37.4 Å². The van der Waals surface area contributed by atoms with Crippen molar-refractivity contribution in [2.45, 2.75) is 52.4 Å². The molecule has 3 N–H and O–H groups in total. The van der Waals surface area contributed by atoms with E-state index in [9.17, 15) is 19.8 Å². The van der Waals surface area contributed by atoms with Gasteiger partial charge in [0, 0.05) is 22.5 Å². The Morgan fingerprint density at radius 2 is 1.27 bits per heavy atom. The van der Waals surface area contributed by atoms with Gasteiger partial charge >= 0.3 is 0 Å². The van der Waals surface area contributed by atoms with Gasteiger partial charge in [0.1, 0.15) is 11.5 Å². The number of anilines is 2. The van der Waals surface area contributed by atoms with Gasteiger partial charge in [-0.15, -0.1) is 0 Å². The summed E-state index contributed by atoms with van der Waals surface area (Å²) in [5.41, 5.74) is 4.41. The Kier molecular flexibility index (Phi) is 6.50. The van der Waals surface area contributed by atoms with Crippen LogP contribution in [-0.4, -0.2) is 21.8 Å². The lowest BCUT2D eigenvalue weighted by atomic mass is 9.83. The van der Waals surface area contributed by atoms with Crippen molar-refractivity contribution in [3.8, 4) is 11.5 Å². The molecular formula is C28H29NO4. The van der Waals surface area contributed by atoms with Crippen molar-refractivity contribution in [3.63, 3.8) is 0 Å². The summed E-state index contributed by atoms with van der Waals surface area (Å²) in [5, 5.41) is 23.9. The van der Waals surface area contributed by atoms with Crippen LogP contribution in [0.5, 0.6) is 11.5 Å². The normalized spacial score (nSPS) is 12.4. The first kappa shape index (κ1) is 22.6. The van der Waals surface area contributed by atoms with Crippen LogP contribution in [0.2, 0.25) is 0 Å². The molecule has 0 radical (unpaired) electrons. The van der Waals surface area contributed by atoms with E-state index < -0.39 is 11.6 Å². The van der Waals surface area contributed by atoms with Crippen molar-refractivity contribution < 1.29 is 19.8 Å². The number of aryl methyl sites for hydroxylation is 2. The van der Waals surface area contributed by atoms with Crippen molar-refractivity contribution in [2.24, 2.45) is 0 Å². The van der Waals surface area contributed by atoms with Crippen LogP contribution in [0.15, 0.2) is 48.5 Å². The lowest BCUT2D eigenvalue weighted by Gasteiger charge is -2.21. The highest BCUT2D eigenvalue weighted by Gasteiger charge is 2.34. The molecule has 0 saturated carbocycles. The van der Waals surface area contributed by atoms with Crippen molar-refractivity contribution >= 4 is 22.9 Å². The number of ketones is 2. The summed E-state index contributed by atoms with van der Waals surface area (Å²) in [6, 6.07) is 13.9. The second kappa shape index (κ2) is 9.49. The molecule has 170 valence electrons. The topological polar surface area (TPSA) is 86.6 Å². The first-order valence-electron chi connectivity index (χ1n) is 11.6. The highest BCUT2D eigenvalue weighted by Crippen LogP contribution is 2.39. The summed E-state index contributed by atoms with van der Waals surface area (Å²) in [4.78, 5) is 26.2. The molecule has 0 aliphatic heterocycles. The largest absolute Gasteiger partial charge is 0.507 e. The molecule has 0 atom stereocenters. The molecule has 5 nitrogen and oxygen atoms in total. The third kappa shape index (κ3) is 4.23. The predicted octanol–water partition coefficient (Wildman–Crippen LogP) is 6.30. The number of carbonyl (C=O) groups is 2. The molecule has 0 saturated heterocycles. The minimum atomic E-state index is -0.470. The number of hydrogen-bond acceptors (Lipinski definition) is 5. The van der Waals surface area contributed by atoms with Crippen LogP contribution in [0.1, 0.15) is 82.5 Å². The van der Waals surface area contributed by atoms with E-state index >= 15 is 0 Å². The third-order valence-electron chi connectivity index (χ3n) is 6.23. The van der Waals surface area contributed by atoms with Crippen LogP contribution < -0.4 is 5.32 Å². The Balaban J connectivity index is 1.75. The van der Waals surface area contributed by atoms with Crippen LogP contribution in [-0.2, 0) is 12.8 Å². The zero-order chi connectivity index (χ0) is 23.5. The van der Waals surface area contributed by atoms with Gasteiger partial charge in [0.15, 0.2) is 11.6 Å². The van der Waals surface area contributed by atoms with Crippen molar-refractivity contribution in [1.82, 2.24) is 0 Å². The van der Waals surface area contributed by atoms with Gasteiger partial charge in [0.05, 0.1) is 11.1 Å². The highest BCUT2D eigenvalue weighted by molar-refractivity contribution is 6.30. The van der Waals surface area contributed by atoms with Gasteiger partial charge in [-0.05, 0) is 67.1 Å². The first-order chi connectivity index (χ1) is 16.0. The fourth-order valence-corrected chi connectivity index (χ4v) is 4.43. The summed E-state index contributed by atoms with van der Waals surface area (Å²) in [7, 11) is 0. The second-order valence-electron chi connectivity index (χ2n) is 8.56. The van der Waals surface area contributed by atoms with Gasteiger partial charge in [-0.3, -0.25) is 9.59 Å². The number of benzene rings is 3. The van der Waals surface area contributed by atoms with Crippen molar-refractivity contribution in [2.75, 3.05) is 5.32 Å². The standard InChI is InChI=1S/C28H29NO4/c1-3-5-8-17-10-7-11-18(9-6-4-2)26(17)29-19-12-13-20-21(16-19)28(33)25-23(31)15-14-22(30)24(25)27(20)32/h7,10-16,29-31H,3-6,8-9H2,1-2H3. The number of nitrogens with one attached hydrogen (secondary N) is 1. The smallest absolute Gasteiger partial charge is 0.198 e. The van der Waals surface area contributed by atoms with Gasteiger partial charge in [0.25, 0.3) is 0 Å². The third-order valence-corrected chi connectivity index (χ3v) is 6.23. The van der Waals surface area contributed by atoms with Crippen LogP contribution in [0.3, 0.4) is 0 Å². The zero-order valence-corrected chi connectivity index (χ0v) is 19.1. The zero-order valence-electron chi connectivity index (χ0n) is 19.1. The minimum absolute atomic E-state index is 0.139. The van der Waals surface area contributed by atoms with E-state index in [1.54, 1.807) is 18.2 Å². The molecule has 3 aromatic carbocycles. The average molecular weight is 444 g/mol. The van der Waals surface area contributed by atoms with Gasteiger partial charge < -0.3 is 15.5 Å². The molecule has 3 aromatic rings. The maximum Gasteiger partial charge on any atom is 0.198 e. The van der Waals surface area contributed by atoms with Crippen molar-refractivity contribution in [3.05, 3.63) is 81.9 Å². The molecule has 0 spiro atoms. The maximum atomic E-state index is 13.2. The van der Waals surface area contributed by atoms with Gasteiger partial charge in [-0.25, -0.2) is 0 Å². The summed E-state index contributed by atoms with van der Waals surface area (Å²) in [6.07, 6.45) is 6.29. The lowest BCUT2D eigenvalue weighted by molar-refractivity contribution is 0.0974. The lowest BCUT2D eigenvalue weighted by Crippen LogP contribution is -2.21. The molecule has 5 heteroatoms. The van der Waals surface area contributed by atoms with E-state index in [0.717, 1.165) is 44.2 Å². The number of aromatic hydroxyl groups is 2. The van der Waals surface area contributed by atoms with Gasteiger partial charge in [-0.2, -0.15) is 0 Å². The summed E-state index contributed by atoms with van der Waals surface area (Å²) in [6.45, 7) is 4.34. The van der Waals surface area contributed by atoms with Gasteiger partial charge in [0.2, 0.25) is 0 Å². The molecule has 0 heterocycles. The Bertz CT molecular complexity index is 1200. The number of unbranched alkanes of at least 4 members (excludes halogenated alkanes) is 2. The summed E-state index contributed by atoms with van der Waals surface area (Å²) >= 11 is 0. The molecule has 0 fully saturated rings. The van der Waals surface area contributed by atoms with E-state index in [0.29, 0.717) is 5.69 Å². The van der Waals surface area contributed by atoms with Crippen LogP contribution in [0.4, 0.5) is 11.4 Å². The Morgan fingerprint density at radius 1 is 0.727 bits per heavy atom. The molecule has 0 unspecified atom stereocenters. The first-order valence-corrected chi connectivity index (χ1v) is 11.6. The molecule has 0 bridgehead atoms. The summed E-state index contributed by atoms with van der Waals surface area (Å²) < 4.78 is 0. The molecule has 33 heavy (non-hydrogen) atoms. The number of phenolic OH excluding ortho intramolecular Hbond substituents is 2. The minimum Gasteiger partial charge on any atom is -0.507 e. The monoisotopic (exact) mass is 443 g/mol. The molecule has 4 rings (SSSR count). The Hall–Kier alpha value is -3.60. The van der Waals surface area contributed by atoms with Gasteiger partial charge in [-0.1, -0.05) is 44.9 Å². The van der Waals surface area contributed by atoms with Crippen molar-refractivity contribution in [1.29, 1.82) is 0 Å². The molecule has 1 aliphatic rings. The number of hydrogen-bond donors (Lipinski definition) is 3. The molecule has 1 aliphatic carbocycles. The molecule has 0 amide bonds.